The smallest absolute Gasteiger partial charge is 0.416 e. The summed E-state index contributed by atoms with van der Waals surface area (Å²) in [5, 5.41) is 2.96. The third-order valence-electron chi connectivity index (χ3n) is 4.83. The predicted molar refractivity (Wildman–Crippen MR) is 104 cm³/mol. The zero-order chi connectivity index (χ0) is 20.4. The second-order valence-electron chi connectivity index (χ2n) is 7.13. The van der Waals surface area contributed by atoms with Crippen molar-refractivity contribution in [3.8, 4) is 11.5 Å². The van der Waals surface area contributed by atoms with E-state index in [-0.39, 0.29) is 12.1 Å². The Morgan fingerprint density at radius 2 is 1.62 bits per heavy atom. The number of nitrogens with one attached hydrogen (secondary N) is 1. The van der Waals surface area contributed by atoms with Gasteiger partial charge in [0.2, 0.25) is 0 Å². The summed E-state index contributed by atoms with van der Waals surface area (Å²) < 4.78 is 58.4. The lowest BCUT2D eigenvalue weighted by Crippen LogP contribution is -2.08. The van der Waals surface area contributed by atoms with Crippen LogP contribution in [0.4, 0.5) is 23.2 Å². The number of rotatable bonds is 6. The number of benzene rings is 3. The van der Waals surface area contributed by atoms with Crippen LogP contribution in [0.3, 0.4) is 0 Å². The Balaban J connectivity index is 1.45. The van der Waals surface area contributed by atoms with Gasteiger partial charge in [-0.25, -0.2) is 4.39 Å². The second-order valence-corrected chi connectivity index (χ2v) is 7.13. The molecule has 0 atom stereocenters. The van der Waals surface area contributed by atoms with Crippen molar-refractivity contribution in [1.82, 2.24) is 0 Å². The predicted octanol–water partition coefficient (Wildman–Crippen LogP) is 7.13. The van der Waals surface area contributed by atoms with E-state index in [2.05, 4.69) is 11.4 Å². The van der Waals surface area contributed by atoms with Gasteiger partial charge in [0.1, 0.15) is 17.3 Å². The average Bonchev–Trinajstić information content (AvgIpc) is 3.52. The van der Waals surface area contributed by atoms with Crippen molar-refractivity contribution in [1.29, 1.82) is 0 Å². The van der Waals surface area contributed by atoms with E-state index < -0.39 is 17.6 Å². The van der Waals surface area contributed by atoms with E-state index in [1.165, 1.54) is 18.4 Å². The van der Waals surface area contributed by atoms with Gasteiger partial charge in [-0.15, -0.1) is 0 Å². The van der Waals surface area contributed by atoms with Crippen LogP contribution in [0.25, 0.3) is 0 Å². The van der Waals surface area contributed by atoms with E-state index in [9.17, 15) is 17.6 Å². The van der Waals surface area contributed by atoms with E-state index in [0.29, 0.717) is 17.4 Å². The topological polar surface area (TPSA) is 21.3 Å². The summed E-state index contributed by atoms with van der Waals surface area (Å²) >= 11 is 0. The summed E-state index contributed by atoms with van der Waals surface area (Å²) in [6.07, 6.45) is -2.10. The van der Waals surface area contributed by atoms with Crippen LogP contribution in [0.2, 0.25) is 0 Å². The Morgan fingerprint density at radius 3 is 2.34 bits per heavy atom. The molecule has 0 unspecified atom stereocenters. The summed E-state index contributed by atoms with van der Waals surface area (Å²) in [7, 11) is 0. The molecule has 3 aromatic carbocycles. The fourth-order valence-electron chi connectivity index (χ4n) is 3.14. The maximum atomic E-state index is 13.9. The summed E-state index contributed by atoms with van der Waals surface area (Å²) in [6, 6.07) is 17.4. The number of hydrogen-bond acceptors (Lipinski definition) is 2. The van der Waals surface area contributed by atoms with Crippen molar-refractivity contribution in [3.63, 3.8) is 0 Å². The Morgan fingerprint density at radius 1 is 0.897 bits per heavy atom. The van der Waals surface area contributed by atoms with Crippen molar-refractivity contribution in [3.05, 3.63) is 89.2 Å². The lowest BCUT2D eigenvalue weighted by molar-refractivity contribution is -0.137. The standard InChI is InChI=1S/C23H19F4NO/c24-22-10-9-18(23(25,26)27)11-17(22)14-28-19-4-2-6-21(13-19)29-20-5-1-3-16(12-20)15-7-8-15/h1-6,9-13,15,28H,7-8,14H2. The number of anilines is 1. The zero-order valence-electron chi connectivity index (χ0n) is 15.5. The maximum absolute atomic E-state index is 13.9. The van der Waals surface area contributed by atoms with Crippen molar-refractivity contribution in [2.24, 2.45) is 0 Å². The van der Waals surface area contributed by atoms with Gasteiger partial charge in [-0.1, -0.05) is 18.2 Å². The van der Waals surface area contributed by atoms with E-state index in [0.717, 1.165) is 23.9 Å². The summed E-state index contributed by atoms with van der Waals surface area (Å²) in [5.74, 6) is 1.26. The third-order valence-corrected chi connectivity index (χ3v) is 4.83. The number of halogens is 4. The van der Waals surface area contributed by atoms with Gasteiger partial charge in [-0.2, -0.15) is 13.2 Å². The molecule has 0 aromatic heterocycles. The van der Waals surface area contributed by atoms with Gasteiger partial charge < -0.3 is 10.1 Å². The molecule has 0 radical (unpaired) electrons. The van der Waals surface area contributed by atoms with Crippen molar-refractivity contribution in [2.75, 3.05) is 5.32 Å². The molecule has 0 bridgehead atoms. The number of hydrogen-bond donors (Lipinski definition) is 1. The summed E-state index contributed by atoms with van der Waals surface area (Å²) in [4.78, 5) is 0. The highest BCUT2D eigenvalue weighted by atomic mass is 19.4. The van der Waals surface area contributed by atoms with Gasteiger partial charge in [0, 0.05) is 23.9 Å². The normalized spacial score (nSPS) is 13.9. The average molecular weight is 401 g/mol. The molecule has 150 valence electrons. The lowest BCUT2D eigenvalue weighted by Gasteiger charge is -2.12. The van der Waals surface area contributed by atoms with Gasteiger partial charge in [-0.3, -0.25) is 0 Å². The molecule has 0 heterocycles. The van der Waals surface area contributed by atoms with E-state index in [4.69, 9.17) is 4.74 Å². The number of alkyl halides is 3. The van der Waals surface area contributed by atoms with E-state index in [1.807, 2.05) is 18.2 Å². The van der Waals surface area contributed by atoms with E-state index in [1.54, 1.807) is 24.3 Å². The second kappa shape index (κ2) is 7.78. The molecule has 1 fully saturated rings. The lowest BCUT2D eigenvalue weighted by atomic mass is 10.1. The van der Waals surface area contributed by atoms with Crippen LogP contribution in [0, 0.1) is 5.82 Å². The quantitative estimate of drug-likeness (QED) is 0.444. The van der Waals surface area contributed by atoms with Crippen molar-refractivity contribution < 1.29 is 22.3 Å². The minimum atomic E-state index is -4.51. The molecule has 1 aliphatic rings. The summed E-state index contributed by atoms with van der Waals surface area (Å²) in [6.45, 7) is -0.0730. The highest BCUT2D eigenvalue weighted by Gasteiger charge is 2.31. The molecular weight excluding hydrogens is 382 g/mol. The SMILES string of the molecule is Fc1ccc(C(F)(F)F)cc1CNc1cccc(Oc2cccc(C3CC3)c2)c1. The monoisotopic (exact) mass is 401 g/mol. The largest absolute Gasteiger partial charge is 0.457 e. The molecule has 0 amide bonds. The van der Waals surface area contributed by atoms with Crippen LogP contribution in [-0.4, -0.2) is 0 Å². The Hall–Kier alpha value is -3.02. The van der Waals surface area contributed by atoms with Crippen LogP contribution in [0.15, 0.2) is 66.7 Å². The zero-order valence-corrected chi connectivity index (χ0v) is 15.5. The van der Waals surface area contributed by atoms with Gasteiger partial charge in [0.25, 0.3) is 0 Å². The molecule has 0 saturated heterocycles. The Kier molecular flexibility index (Phi) is 5.18. The molecule has 2 nitrogen and oxygen atoms in total. The number of ether oxygens (including phenoxy) is 1. The fourth-order valence-corrected chi connectivity index (χ4v) is 3.14. The van der Waals surface area contributed by atoms with Crippen molar-refractivity contribution >= 4 is 5.69 Å². The first-order valence-corrected chi connectivity index (χ1v) is 9.36. The molecule has 0 spiro atoms. The molecule has 0 aliphatic heterocycles. The third kappa shape index (κ3) is 4.88. The van der Waals surface area contributed by atoms with Crippen LogP contribution in [-0.2, 0) is 12.7 Å². The molecule has 1 aliphatic carbocycles. The van der Waals surface area contributed by atoms with Crippen LogP contribution in [0.1, 0.15) is 35.4 Å². The highest BCUT2D eigenvalue weighted by molar-refractivity contribution is 5.50. The first-order chi connectivity index (χ1) is 13.9. The van der Waals surface area contributed by atoms with Crippen molar-refractivity contribution in [2.45, 2.75) is 31.5 Å². The highest BCUT2D eigenvalue weighted by Crippen LogP contribution is 2.41. The van der Waals surface area contributed by atoms with Gasteiger partial charge >= 0.3 is 6.18 Å². The summed E-state index contributed by atoms with van der Waals surface area (Å²) in [5.41, 5.74) is 0.959. The fraction of sp³-hybridized carbons (Fsp3) is 0.217. The van der Waals surface area contributed by atoms with Crippen LogP contribution in [0.5, 0.6) is 11.5 Å². The molecule has 1 saturated carbocycles. The Labute approximate surface area is 166 Å². The molecular formula is C23H19F4NO. The molecule has 1 N–H and O–H groups in total. The minimum absolute atomic E-state index is 0.0525. The minimum Gasteiger partial charge on any atom is -0.457 e. The Bertz CT molecular complexity index is 1010. The van der Waals surface area contributed by atoms with Gasteiger partial charge in [0.15, 0.2) is 0 Å². The first-order valence-electron chi connectivity index (χ1n) is 9.36. The van der Waals surface area contributed by atoms with Crippen LogP contribution >= 0.6 is 0 Å². The molecule has 6 heteroatoms. The van der Waals surface area contributed by atoms with Gasteiger partial charge in [-0.05, 0) is 66.8 Å². The first kappa shape index (κ1) is 19.3. The molecule has 29 heavy (non-hydrogen) atoms. The van der Waals surface area contributed by atoms with Crippen LogP contribution < -0.4 is 10.1 Å². The van der Waals surface area contributed by atoms with E-state index >= 15 is 0 Å². The molecule has 3 aromatic rings. The maximum Gasteiger partial charge on any atom is 0.416 e. The molecule has 4 rings (SSSR count). The van der Waals surface area contributed by atoms with Gasteiger partial charge in [0.05, 0.1) is 5.56 Å².